The molecule has 0 amide bonds. The average molecular weight is 532 g/mol. The molecular weight excluding hydrogens is 498 g/mol. The van der Waals surface area contributed by atoms with E-state index in [1.807, 2.05) is 56.3 Å². The van der Waals surface area contributed by atoms with Crippen LogP contribution in [-0.4, -0.2) is 22.7 Å². The fraction of sp³-hybridized carbons (Fsp3) is 0.324. The van der Waals surface area contributed by atoms with Crippen molar-refractivity contribution < 1.29 is 14.1 Å². The maximum Gasteiger partial charge on any atom is 0.316 e. The van der Waals surface area contributed by atoms with Crippen molar-refractivity contribution in [1.29, 1.82) is 0 Å². The van der Waals surface area contributed by atoms with E-state index < -0.39 is 5.41 Å². The van der Waals surface area contributed by atoms with Crippen LogP contribution >= 0.6 is 0 Å². The first-order valence-electron chi connectivity index (χ1n) is 14.2. The monoisotopic (exact) mass is 531 g/mol. The molecule has 2 aliphatic rings. The summed E-state index contributed by atoms with van der Waals surface area (Å²) in [6.45, 7) is 4.17. The third kappa shape index (κ3) is 5.24. The molecule has 202 valence electrons. The Balaban J connectivity index is 1.18. The largest absolute Gasteiger partial charge is 0.465 e. The van der Waals surface area contributed by atoms with E-state index in [0.717, 1.165) is 52.2 Å². The second kappa shape index (κ2) is 11.0. The number of anilines is 2. The van der Waals surface area contributed by atoms with Gasteiger partial charge < -0.3 is 14.6 Å². The summed E-state index contributed by atoms with van der Waals surface area (Å²) < 4.78 is 11.0. The van der Waals surface area contributed by atoms with E-state index in [1.165, 1.54) is 25.7 Å². The maximum absolute atomic E-state index is 12.4. The predicted molar refractivity (Wildman–Crippen MR) is 156 cm³/mol. The summed E-state index contributed by atoms with van der Waals surface area (Å²) in [5, 5.41) is 7.62. The summed E-state index contributed by atoms with van der Waals surface area (Å²) in [6.07, 6.45) is 6.62. The highest BCUT2D eigenvalue weighted by molar-refractivity contribution is 5.87. The molecule has 2 aromatic heterocycles. The molecule has 0 spiro atoms. The second-order valence-electron chi connectivity index (χ2n) is 10.7. The number of pyridine rings is 1. The molecule has 1 N–H and O–H groups in total. The van der Waals surface area contributed by atoms with Gasteiger partial charge in [0.2, 0.25) is 0 Å². The van der Waals surface area contributed by atoms with Gasteiger partial charge in [-0.1, -0.05) is 78.5 Å². The summed E-state index contributed by atoms with van der Waals surface area (Å²) in [7, 11) is 0. The van der Waals surface area contributed by atoms with E-state index in [4.69, 9.17) is 14.2 Å². The van der Waals surface area contributed by atoms with E-state index >= 15 is 0 Å². The molecule has 6 heteroatoms. The Hall–Kier alpha value is -4.37. The molecule has 0 atom stereocenters. The van der Waals surface area contributed by atoms with Gasteiger partial charge >= 0.3 is 5.97 Å². The van der Waals surface area contributed by atoms with Crippen LogP contribution in [0.4, 0.5) is 11.5 Å². The Labute approximate surface area is 235 Å². The number of ether oxygens (including phenoxy) is 1. The van der Waals surface area contributed by atoms with E-state index in [9.17, 15) is 4.79 Å². The van der Waals surface area contributed by atoms with Gasteiger partial charge in [-0.25, -0.2) is 4.98 Å². The van der Waals surface area contributed by atoms with Crippen molar-refractivity contribution in [2.24, 2.45) is 5.92 Å². The van der Waals surface area contributed by atoms with Crippen molar-refractivity contribution >= 4 is 17.5 Å². The number of nitrogens with zero attached hydrogens (tertiary/aromatic N) is 2. The summed E-state index contributed by atoms with van der Waals surface area (Å²) in [6, 6.07) is 22.3. The Morgan fingerprint density at radius 1 is 1.00 bits per heavy atom. The highest BCUT2D eigenvalue weighted by atomic mass is 16.5. The highest BCUT2D eigenvalue weighted by Gasteiger charge is 2.52. The number of aromatic nitrogens is 2. The topological polar surface area (TPSA) is 77.2 Å². The number of hydrogen-bond donors (Lipinski definition) is 1. The first-order valence-corrected chi connectivity index (χ1v) is 14.2. The molecule has 0 aliphatic heterocycles. The van der Waals surface area contributed by atoms with Crippen LogP contribution in [0, 0.1) is 24.7 Å². The molecule has 0 unspecified atom stereocenters. The Kier molecular flexibility index (Phi) is 7.13. The first-order chi connectivity index (χ1) is 19.6. The summed E-state index contributed by atoms with van der Waals surface area (Å²) in [5.74, 6) is 8.38. The number of rotatable bonds is 7. The van der Waals surface area contributed by atoms with Gasteiger partial charge in [-0.05, 0) is 74.3 Å². The summed E-state index contributed by atoms with van der Waals surface area (Å²) in [4.78, 5) is 17.1. The molecule has 2 saturated carbocycles. The lowest BCUT2D eigenvalue weighted by molar-refractivity contribution is -0.146. The number of hydrogen-bond acceptors (Lipinski definition) is 6. The number of esters is 1. The smallest absolute Gasteiger partial charge is 0.316 e. The quantitative estimate of drug-likeness (QED) is 0.196. The minimum Gasteiger partial charge on any atom is -0.465 e. The Morgan fingerprint density at radius 3 is 2.35 bits per heavy atom. The van der Waals surface area contributed by atoms with Crippen LogP contribution in [0.1, 0.15) is 62.4 Å². The molecule has 6 rings (SSSR count). The lowest BCUT2D eigenvalue weighted by atomic mass is 9.93. The van der Waals surface area contributed by atoms with Gasteiger partial charge in [-0.3, -0.25) is 4.79 Å². The van der Waals surface area contributed by atoms with Crippen molar-refractivity contribution in [3.63, 3.8) is 0 Å². The molecule has 2 heterocycles. The maximum atomic E-state index is 12.4. The summed E-state index contributed by atoms with van der Waals surface area (Å²) in [5.41, 5.74) is 5.97. The van der Waals surface area contributed by atoms with E-state index in [0.29, 0.717) is 24.1 Å². The highest BCUT2D eigenvalue weighted by Crippen LogP contribution is 2.49. The van der Waals surface area contributed by atoms with Gasteiger partial charge in [0.1, 0.15) is 22.9 Å². The Bertz CT molecular complexity index is 1570. The minimum atomic E-state index is -0.456. The minimum absolute atomic E-state index is 0.113. The molecule has 2 aromatic carbocycles. The van der Waals surface area contributed by atoms with Crippen LogP contribution in [0.25, 0.3) is 22.5 Å². The van der Waals surface area contributed by atoms with Crippen molar-refractivity contribution in [3.8, 4) is 34.3 Å². The molecule has 0 saturated heterocycles. The average Bonchev–Trinajstić information content (AvgIpc) is 3.49. The third-order valence-corrected chi connectivity index (χ3v) is 7.96. The first kappa shape index (κ1) is 25.9. The van der Waals surface area contributed by atoms with Crippen LogP contribution in [0.2, 0.25) is 0 Å². The van der Waals surface area contributed by atoms with Crippen molar-refractivity contribution in [1.82, 2.24) is 10.1 Å². The predicted octanol–water partition coefficient (Wildman–Crippen LogP) is 7.59. The van der Waals surface area contributed by atoms with Crippen LogP contribution in [-0.2, 0) is 14.9 Å². The second-order valence-corrected chi connectivity index (χ2v) is 10.7. The number of aryl methyl sites for hydroxylation is 1. The SMILES string of the molecule is CCOC(=O)C1(c2ccc(-c3ccc(-c4onc(C)c4Nc4cccc(C#CC5CCCC5)n4)cc3)cc2)CC1. The molecule has 2 aliphatic carbocycles. The van der Waals surface area contributed by atoms with Gasteiger partial charge in [0.05, 0.1) is 12.0 Å². The number of carbonyl (C=O) groups is 1. The van der Waals surface area contributed by atoms with Gasteiger partial charge in [0.15, 0.2) is 5.76 Å². The Morgan fingerprint density at radius 2 is 1.68 bits per heavy atom. The molecule has 0 radical (unpaired) electrons. The van der Waals surface area contributed by atoms with Crippen LogP contribution in [0.5, 0.6) is 0 Å². The zero-order valence-corrected chi connectivity index (χ0v) is 23.0. The van der Waals surface area contributed by atoms with E-state index in [1.54, 1.807) is 0 Å². The van der Waals surface area contributed by atoms with Crippen molar-refractivity contribution in [2.75, 3.05) is 11.9 Å². The van der Waals surface area contributed by atoms with Crippen molar-refractivity contribution in [2.45, 2.75) is 57.8 Å². The van der Waals surface area contributed by atoms with E-state index in [-0.39, 0.29) is 5.97 Å². The van der Waals surface area contributed by atoms with Gasteiger partial charge in [-0.15, -0.1) is 0 Å². The molecule has 40 heavy (non-hydrogen) atoms. The third-order valence-electron chi connectivity index (χ3n) is 7.96. The van der Waals surface area contributed by atoms with Crippen molar-refractivity contribution in [3.05, 3.63) is 83.7 Å². The lowest BCUT2D eigenvalue weighted by Crippen LogP contribution is -2.23. The molecule has 4 aromatic rings. The van der Waals surface area contributed by atoms with E-state index in [2.05, 4.69) is 46.6 Å². The number of nitrogens with one attached hydrogen (secondary N) is 1. The number of carbonyl (C=O) groups excluding carboxylic acids is 1. The van der Waals surface area contributed by atoms with Crippen LogP contribution in [0.3, 0.4) is 0 Å². The summed E-state index contributed by atoms with van der Waals surface area (Å²) >= 11 is 0. The molecule has 6 nitrogen and oxygen atoms in total. The van der Waals surface area contributed by atoms with Crippen LogP contribution < -0.4 is 5.32 Å². The standard InChI is InChI=1S/C34H33N3O3/c1-3-39-33(38)34(21-22-34)28-18-16-26(17-19-28)25-12-14-27(15-13-25)32-31(23(2)37-40-32)36-30-10-6-9-29(35-30)20-11-24-7-4-5-8-24/h6,9-10,12-19,24H,3-5,7-8,21-22H2,1-2H3,(H,35,36). The zero-order chi connectivity index (χ0) is 27.5. The fourth-order valence-electron chi connectivity index (χ4n) is 5.46. The zero-order valence-electron chi connectivity index (χ0n) is 23.0. The molecule has 0 bridgehead atoms. The molecule has 2 fully saturated rings. The fourth-order valence-corrected chi connectivity index (χ4v) is 5.46. The van der Waals surface area contributed by atoms with Gasteiger partial charge in [0, 0.05) is 11.5 Å². The number of benzene rings is 2. The van der Waals surface area contributed by atoms with Crippen LogP contribution in [0.15, 0.2) is 71.3 Å². The lowest BCUT2D eigenvalue weighted by Gasteiger charge is -2.14. The normalized spacial score (nSPS) is 15.8. The molecular formula is C34H33N3O3. The van der Waals surface area contributed by atoms with Gasteiger partial charge in [-0.2, -0.15) is 0 Å². The van der Waals surface area contributed by atoms with Gasteiger partial charge in [0.25, 0.3) is 0 Å².